The Balaban J connectivity index is 1.71. The molecule has 0 N–H and O–H groups in total. The summed E-state index contributed by atoms with van der Waals surface area (Å²) in [4.78, 5) is 21.1. The predicted octanol–water partition coefficient (Wildman–Crippen LogP) is 1.75. The molecule has 0 radical (unpaired) electrons. The van der Waals surface area contributed by atoms with Gasteiger partial charge in [0.15, 0.2) is 17.8 Å². The van der Waals surface area contributed by atoms with Crippen LogP contribution in [0.1, 0.15) is 10.5 Å². The van der Waals surface area contributed by atoms with E-state index in [1.54, 1.807) is 14.2 Å². The largest absolute Gasteiger partial charge is 0.497 e. The SMILES string of the molecule is COCCN1CCN(C(=O)c2ncoc2-c2cccc(OC)c2)CC1. The molecule has 2 heterocycles. The van der Waals surface area contributed by atoms with Crippen molar-refractivity contribution in [1.29, 1.82) is 0 Å². The first-order chi connectivity index (χ1) is 12.2. The van der Waals surface area contributed by atoms with E-state index >= 15 is 0 Å². The van der Waals surface area contributed by atoms with Crippen LogP contribution in [-0.4, -0.2) is 74.2 Å². The van der Waals surface area contributed by atoms with Gasteiger partial charge in [-0.2, -0.15) is 0 Å². The van der Waals surface area contributed by atoms with Crippen molar-refractivity contribution in [2.45, 2.75) is 0 Å². The maximum atomic E-state index is 12.9. The summed E-state index contributed by atoms with van der Waals surface area (Å²) < 4.78 is 15.8. The molecule has 0 unspecified atom stereocenters. The molecule has 0 spiro atoms. The van der Waals surface area contributed by atoms with E-state index in [0.717, 1.165) is 25.2 Å². The molecule has 0 atom stereocenters. The monoisotopic (exact) mass is 345 g/mol. The number of hydrogen-bond acceptors (Lipinski definition) is 6. The Morgan fingerprint density at radius 3 is 2.76 bits per heavy atom. The van der Waals surface area contributed by atoms with Crippen LogP contribution >= 0.6 is 0 Å². The molecule has 1 fully saturated rings. The van der Waals surface area contributed by atoms with Gasteiger partial charge >= 0.3 is 0 Å². The molecule has 3 rings (SSSR count). The standard InChI is InChI=1S/C18H23N3O4/c1-23-11-10-20-6-8-21(9-7-20)18(22)16-17(25-13-19-16)14-4-3-5-15(12-14)24-2/h3-5,12-13H,6-11H2,1-2H3. The quantitative estimate of drug-likeness (QED) is 0.795. The van der Waals surface area contributed by atoms with E-state index in [-0.39, 0.29) is 5.91 Å². The number of oxazole rings is 1. The predicted molar refractivity (Wildman–Crippen MR) is 92.7 cm³/mol. The van der Waals surface area contributed by atoms with Crippen LogP contribution in [0.15, 0.2) is 35.1 Å². The Bertz CT molecular complexity index is 708. The number of carbonyl (C=O) groups excluding carboxylic acids is 1. The Labute approximate surface area is 147 Å². The van der Waals surface area contributed by atoms with Gasteiger partial charge in [0.25, 0.3) is 5.91 Å². The Kier molecular flexibility index (Phi) is 5.67. The number of hydrogen-bond donors (Lipinski definition) is 0. The van der Waals surface area contributed by atoms with Crippen molar-refractivity contribution < 1.29 is 18.7 Å². The lowest BCUT2D eigenvalue weighted by atomic mass is 10.1. The first kappa shape index (κ1) is 17.4. The molecule has 1 aromatic heterocycles. The fourth-order valence-corrected chi connectivity index (χ4v) is 2.91. The summed E-state index contributed by atoms with van der Waals surface area (Å²) in [6.45, 7) is 4.61. The topological polar surface area (TPSA) is 68.0 Å². The highest BCUT2D eigenvalue weighted by atomic mass is 16.5. The summed E-state index contributed by atoms with van der Waals surface area (Å²) in [6.07, 6.45) is 1.32. The van der Waals surface area contributed by atoms with E-state index < -0.39 is 0 Å². The van der Waals surface area contributed by atoms with E-state index in [0.29, 0.717) is 36.9 Å². The smallest absolute Gasteiger partial charge is 0.276 e. The number of aromatic nitrogens is 1. The Hall–Kier alpha value is -2.38. The molecule has 1 saturated heterocycles. The van der Waals surface area contributed by atoms with Crippen LogP contribution in [0, 0.1) is 0 Å². The average Bonchev–Trinajstić information content (AvgIpc) is 3.16. The third-order valence-electron chi connectivity index (χ3n) is 4.37. The van der Waals surface area contributed by atoms with Crippen LogP contribution in [0.3, 0.4) is 0 Å². The molecular weight excluding hydrogens is 322 g/mol. The summed E-state index contributed by atoms with van der Waals surface area (Å²) in [6, 6.07) is 7.42. The molecule has 25 heavy (non-hydrogen) atoms. The van der Waals surface area contributed by atoms with E-state index in [9.17, 15) is 4.79 Å². The molecule has 1 amide bonds. The van der Waals surface area contributed by atoms with Gasteiger partial charge < -0.3 is 18.8 Å². The molecule has 0 bridgehead atoms. The summed E-state index contributed by atoms with van der Waals surface area (Å²) in [7, 11) is 3.30. The Morgan fingerprint density at radius 2 is 2.04 bits per heavy atom. The van der Waals surface area contributed by atoms with Crippen LogP contribution in [0.4, 0.5) is 0 Å². The lowest BCUT2D eigenvalue weighted by Crippen LogP contribution is -2.49. The number of benzene rings is 1. The molecular formula is C18H23N3O4. The molecule has 2 aromatic rings. The van der Waals surface area contributed by atoms with Crippen LogP contribution in [0.2, 0.25) is 0 Å². The molecule has 1 aromatic carbocycles. The normalized spacial score (nSPS) is 15.4. The molecule has 1 aliphatic heterocycles. The zero-order chi connectivity index (χ0) is 17.6. The lowest BCUT2D eigenvalue weighted by Gasteiger charge is -2.34. The average molecular weight is 345 g/mol. The van der Waals surface area contributed by atoms with Gasteiger partial charge in [0, 0.05) is 45.4 Å². The second kappa shape index (κ2) is 8.13. The van der Waals surface area contributed by atoms with Crippen LogP contribution in [0.5, 0.6) is 5.75 Å². The minimum absolute atomic E-state index is 0.0991. The molecule has 1 aliphatic rings. The molecule has 0 saturated carbocycles. The Morgan fingerprint density at radius 1 is 1.24 bits per heavy atom. The summed E-state index contributed by atoms with van der Waals surface area (Å²) in [5.41, 5.74) is 1.12. The maximum Gasteiger partial charge on any atom is 0.276 e. The van der Waals surface area contributed by atoms with Crippen molar-refractivity contribution in [2.24, 2.45) is 0 Å². The second-order valence-electron chi connectivity index (χ2n) is 5.89. The highest BCUT2D eigenvalue weighted by molar-refractivity contribution is 5.97. The van der Waals surface area contributed by atoms with Crippen LogP contribution in [0.25, 0.3) is 11.3 Å². The molecule has 134 valence electrons. The molecule has 7 heteroatoms. The lowest BCUT2D eigenvalue weighted by molar-refractivity contribution is 0.0590. The number of carbonyl (C=O) groups is 1. The maximum absolute atomic E-state index is 12.9. The number of ether oxygens (including phenoxy) is 2. The first-order valence-electron chi connectivity index (χ1n) is 8.31. The highest BCUT2D eigenvalue weighted by Crippen LogP contribution is 2.27. The number of methoxy groups -OCH3 is 2. The van der Waals surface area contributed by atoms with Gasteiger partial charge in [-0.15, -0.1) is 0 Å². The van der Waals surface area contributed by atoms with Gasteiger partial charge in [0.1, 0.15) is 5.75 Å². The van der Waals surface area contributed by atoms with Gasteiger partial charge in [0.2, 0.25) is 0 Å². The second-order valence-corrected chi connectivity index (χ2v) is 5.89. The molecule has 0 aliphatic carbocycles. The summed E-state index contributed by atoms with van der Waals surface area (Å²) in [5.74, 6) is 1.09. The van der Waals surface area contributed by atoms with Crippen molar-refractivity contribution in [3.05, 3.63) is 36.4 Å². The van der Waals surface area contributed by atoms with Crippen LogP contribution < -0.4 is 4.74 Å². The van der Waals surface area contributed by atoms with Gasteiger partial charge in [0.05, 0.1) is 13.7 Å². The summed E-state index contributed by atoms with van der Waals surface area (Å²) >= 11 is 0. The van der Waals surface area contributed by atoms with Crippen LogP contribution in [-0.2, 0) is 4.74 Å². The zero-order valence-electron chi connectivity index (χ0n) is 14.6. The minimum Gasteiger partial charge on any atom is -0.497 e. The van der Waals surface area contributed by atoms with E-state index in [1.165, 1.54) is 6.39 Å². The van der Waals surface area contributed by atoms with Gasteiger partial charge in [-0.05, 0) is 12.1 Å². The zero-order valence-corrected chi connectivity index (χ0v) is 14.6. The summed E-state index contributed by atoms with van der Waals surface area (Å²) in [5, 5.41) is 0. The number of piperazine rings is 1. The number of amides is 1. The van der Waals surface area contributed by atoms with Crippen molar-refractivity contribution in [3.8, 4) is 17.1 Å². The molecule has 7 nitrogen and oxygen atoms in total. The van der Waals surface area contributed by atoms with E-state index in [4.69, 9.17) is 13.9 Å². The highest BCUT2D eigenvalue weighted by Gasteiger charge is 2.27. The van der Waals surface area contributed by atoms with Crippen molar-refractivity contribution in [1.82, 2.24) is 14.8 Å². The number of nitrogens with zero attached hydrogens (tertiary/aromatic N) is 3. The van der Waals surface area contributed by atoms with E-state index in [2.05, 4.69) is 9.88 Å². The van der Waals surface area contributed by atoms with Gasteiger partial charge in [-0.3, -0.25) is 9.69 Å². The minimum atomic E-state index is -0.0991. The third-order valence-corrected chi connectivity index (χ3v) is 4.37. The van der Waals surface area contributed by atoms with Crippen molar-refractivity contribution in [2.75, 3.05) is 53.6 Å². The fraction of sp³-hybridized carbons (Fsp3) is 0.444. The first-order valence-corrected chi connectivity index (χ1v) is 8.31. The number of rotatable bonds is 6. The third kappa shape index (κ3) is 4.00. The van der Waals surface area contributed by atoms with E-state index in [1.807, 2.05) is 29.2 Å². The van der Waals surface area contributed by atoms with Crippen molar-refractivity contribution >= 4 is 5.91 Å². The van der Waals surface area contributed by atoms with Gasteiger partial charge in [-0.25, -0.2) is 4.98 Å². The van der Waals surface area contributed by atoms with Gasteiger partial charge in [-0.1, -0.05) is 12.1 Å². The van der Waals surface area contributed by atoms with Crippen molar-refractivity contribution in [3.63, 3.8) is 0 Å². The fourth-order valence-electron chi connectivity index (χ4n) is 2.91.